The summed E-state index contributed by atoms with van der Waals surface area (Å²) < 4.78 is 0. The van der Waals surface area contributed by atoms with Gasteiger partial charge >= 0.3 is 0 Å². The lowest BCUT2D eigenvalue weighted by molar-refractivity contribution is -0.0102. The van der Waals surface area contributed by atoms with E-state index in [1.54, 1.807) is 11.3 Å². The summed E-state index contributed by atoms with van der Waals surface area (Å²) in [5, 5.41) is 4.16. The van der Waals surface area contributed by atoms with Crippen LogP contribution in [0.25, 0.3) is 0 Å². The van der Waals surface area contributed by atoms with Crippen molar-refractivity contribution in [2.45, 2.75) is 6.23 Å². The number of hydrogen-bond acceptors (Lipinski definition) is 5. The van der Waals surface area contributed by atoms with E-state index in [1.165, 1.54) is 5.56 Å². The minimum absolute atomic E-state index is 0.0208. The molecule has 4 nitrogen and oxygen atoms in total. The Morgan fingerprint density at radius 1 is 1.69 bits per heavy atom. The molecule has 3 rings (SSSR count). The summed E-state index contributed by atoms with van der Waals surface area (Å²) in [7, 11) is 0. The van der Waals surface area contributed by atoms with E-state index in [0.29, 0.717) is 0 Å². The molecular formula is C8H9N3OS. The molecule has 2 aliphatic rings. The van der Waals surface area contributed by atoms with Gasteiger partial charge in [-0.05, 0) is 16.8 Å². The van der Waals surface area contributed by atoms with Gasteiger partial charge in [0.15, 0.2) is 6.23 Å². The quantitative estimate of drug-likeness (QED) is 0.725. The van der Waals surface area contributed by atoms with Crippen LogP contribution in [-0.4, -0.2) is 23.9 Å². The maximum atomic E-state index is 5.42. The molecule has 0 radical (unpaired) electrons. The summed E-state index contributed by atoms with van der Waals surface area (Å²) in [5.41, 5.74) is 4.04. The van der Waals surface area contributed by atoms with Gasteiger partial charge in [0.2, 0.25) is 5.96 Å². The van der Waals surface area contributed by atoms with Crippen molar-refractivity contribution >= 4 is 17.3 Å². The predicted molar refractivity (Wildman–Crippen MR) is 50.3 cm³/mol. The van der Waals surface area contributed by atoms with Gasteiger partial charge in [0.25, 0.3) is 0 Å². The third-order valence-electron chi connectivity index (χ3n) is 2.25. The zero-order valence-electron chi connectivity index (χ0n) is 6.93. The van der Waals surface area contributed by atoms with Gasteiger partial charge in [-0.15, -0.1) is 0 Å². The van der Waals surface area contributed by atoms with Crippen LogP contribution in [0.2, 0.25) is 0 Å². The average Bonchev–Trinajstić information content (AvgIpc) is 2.79. The molecule has 0 spiro atoms. The van der Waals surface area contributed by atoms with Crippen LogP contribution in [0.15, 0.2) is 21.8 Å². The van der Waals surface area contributed by atoms with Crippen molar-refractivity contribution < 1.29 is 4.84 Å². The lowest BCUT2D eigenvalue weighted by Crippen LogP contribution is -2.27. The van der Waals surface area contributed by atoms with Crippen LogP contribution >= 0.6 is 11.3 Å². The lowest BCUT2D eigenvalue weighted by atomic mass is 10.3. The number of hydrogen-bond donors (Lipinski definition) is 1. The Bertz CT molecular complexity index is 335. The predicted octanol–water partition coefficient (Wildman–Crippen LogP) is 0.953. The zero-order chi connectivity index (χ0) is 8.67. The van der Waals surface area contributed by atoms with Gasteiger partial charge in [0, 0.05) is 12.1 Å². The SMILES string of the molecule is c1cc(C2ONC3=NCCN32)cs1. The second kappa shape index (κ2) is 2.71. The van der Waals surface area contributed by atoms with Gasteiger partial charge in [-0.3, -0.25) is 0 Å². The topological polar surface area (TPSA) is 36.9 Å². The molecule has 1 atom stereocenters. The molecule has 1 fully saturated rings. The van der Waals surface area contributed by atoms with Crippen LogP contribution in [0, 0.1) is 0 Å². The van der Waals surface area contributed by atoms with Gasteiger partial charge in [-0.2, -0.15) is 11.3 Å². The third kappa shape index (κ3) is 1.04. The zero-order valence-corrected chi connectivity index (χ0v) is 7.75. The molecule has 1 aromatic heterocycles. The van der Waals surface area contributed by atoms with E-state index in [1.807, 2.05) is 0 Å². The average molecular weight is 195 g/mol. The Morgan fingerprint density at radius 3 is 3.54 bits per heavy atom. The molecule has 1 aromatic rings. The van der Waals surface area contributed by atoms with Crippen molar-refractivity contribution in [3.05, 3.63) is 22.4 Å². The number of thiophene rings is 1. The minimum atomic E-state index is 0.0208. The molecule has 0 bridgehead atoms. The van der Waals surface area contributed by atoms with Crippen molar-refractivity contribution in [1.82, 2.24) is 10.4 Å². The highest BCUT2D eigenvalue weighted by molar-refractivity contribution is 7.07. The summed E-state index contributed by atoms with van der Waals surface area (Å²) in [6, 6.07) is 2.08. The summed E-state index contributed by atoms with van der Waals surface area (Å²) in [6.07, 6.45) is 0.0208. The molecule has 0 saturated carbocycles. The number of nitrogens with one attached hydrogen (secondary N) is 1. The molecule has 3 heterocycles. The number of guanidine groups is 1. The van der Waals surface area contributed by atoms with Gasteiger partial charge in [0.1, 0.15) is 0 Å². The summed E-state index contributed by atoms with van der Waals surface area (Å²) >= 11 is 1.69. The van der Waals surface area contributed by atoms with Crippen LogP contribution in [0.5, 0.6) is 0 Å². The standard InChI is InChI=1S/C8H9N3OS/c1-4-13-5-6(1)7-11-3-2-9-8(11)10-12-7/h1,4-5,7H,2-3H2,(H,9,10). The van der Waals surface area contributed by atoms with E-state index >= 15 is 0 Å². The first kappa shape index (κ1) is 7.34. The highest BCUT2D eigenvalue weighted by Gasteiger charge is 2.34. The molecule has 1 N–H and O–H groups in total. The summed E-state index contributed by atoms with van der Waals surface area (Å²) in [6.45, 7) is 1.81. The van der Waals surface area contributed by atoms with Crippen molar-refractivity contribution in [2.24, 2.45) is 4.99 Å². The Morgan fingerprint density at radius 2 is 2.69 bits per heavy atom. The monoisotopic (exact) mass is 195 g/mol. The number of nitrogens with zero attached hydrogens (tertiary/aromatic N) is 2. The molecular weight excluding hydrogens is 186 g/mol. The lowest BCUT2D eigenvalue weighted by Gasteiger charge is -2.16. The second-order valence-electron chi connectivity index (χ2n) is 3.03. The Labute approximate surface area is 79.8 Å². The largest absolute Gasteiger partial charge is 0.308 e. The van der Waals surface area contributed by atoms with E-state index in [2.05, 4.69) is 32.2 Å². The van der Waals surface area contributed by atoms with E-state index < -0.39 is 0 Å². The highest BCUT2D eigenvalue weighted by Crippen LogP contribution is 2.28. The molecule has 0 aliphatic carbocycles. The van der Waals surface area contributed by atoms with Crippen LogP contribution in [0.4, 0.5) is 0 Å². The molecule has 68 valence electrons. The molecule has 1 saturated heterocycles. The maximum absolute atomic E-state index is 5.42. The number of fused-ring (bicyclic) bond motifs is 1. The van der Waals surface area contributed by atoms with Crippen molar-refractivity contribution in [3.8, 4) is 0 Å². The normalized spacial score (nSPS) is 25.7. The molecule has 13 heavy (non-hydrogen) atoms. The highest BCUT2D eigenvalue weighted by atomic mass is 32.1. The van der Waals surface area contributed by atoms with Gasteiger partial charge in [0.05, 0.1) is 6.54 Å². The van der Waals surface area contributed by atoms with Crippen LogP contribution in [0.1, 0.15) is 11.8 Å². The first-order chi connectivity index (χ1) is 6.45. The van der Waals surface area contributed by atoms with Gasteiger partial charge in [-0.1, -0.05) is 0 Å². The summed E-state index contributed by atoms with van der Waals surface area (Å²) in [5.74, 6) is 0.871. The van der Waals surface area contributed by atoms with Crippen molar-refractivity contribution in [1.29, 1.82) is 0 Å². The van der Waals surface area contributed by atoms with Gasteiger partial charge in [-0.25, -0.2) is 15.3 Å². The second-order valence-corrected chi connectivity index (χ2v) is 3.81. The fourth-order valence-corrected chi connectivity index (χ4v) is 2.28. The van der Waals surface area contributed by atoms with E-state index in [9.17, 15) is 0 Å². The number of rotatable bonds is 1. The number of hydroxylamine groups is 1. The molecule has 1 unspecified atom stereocenters. The molecule has 0 aromatic carbocycles. The number of aliphatic imine (C=N–C) groups is 1. The first-order valence-electron chi connectivity index (χ1n) is 4.20. The Balaban J connectivity index is 1.91. The smallest absolute Gasteiger partial charge is 0.221 e. The molecule has 2 aliphatic heterocycles. The first-order valence-corrected chi connectivity index (χ1v) is 5.14. The van der Waals surface area contributed by atoms with E-state index in [-0.39, 0.29) is 6.23 Å². The van der Waals surface area contributed by atoms with E-state index in [4.69, 9.17) is 4.84 Å². The van der Waals surface area contributed by atoms with Crippen molar-refractivity contribution in [2.75, 3.05) is 13.1 Å². The molecule has 0 amide bonds. The minimum Gasteiger partial charge on any atom is -0.308 e. The maximum Gasteiger partial charge on any atom is 0.221 e. The molecule has 5 heteroatoms. The van der Waals surface area contributed by atoms with Crippen LogP contribution < -0.4 is 5.48 Å². The van der Waals surface area contributed by atoms with Crippen LogP contribution in [0.3, 0.4) is 0 Å². The van der Waals surface area contributed by atoms with E-state index in [0.717, 1.165) is 19.0 Å². The fraction of sp³-hybridized carbons (Fsp3) is 0.375. The van der Waals surface area contributed by atoms with Crippen LogP contribution in [-0.2, 0) is 4.84 Å². The Hall–Kier alpha value is -1.07. The Kier molecular flexibility index (Phi) is 1.53. The van der Waals surface area contributed by atoms with Crippen molar-refractivity contribution in [3.63, 3.8) is 0 Å². The fourth-order valence-electron chi connectivity index (χ4n) is 1.62. The summed E-state index contributed by atoms with van der Waals surface area (Å²) in [4.78, 5) is 11.8. The third-order valence-corrected chi connectivity index (χ3v) is 2.95. The van der Waals surface area contributed by atoms with Gasteiger partial charge < -0.3 is 4.90 Å².